The van der Waals surface area contributed by atoms with Gasteiger partial charge in [0.1, 0.15) is 0 Å². The summed E-state index contributed by atoms with van der Waals surface area (Å²) in [5.41, 5.74) is 0. The van der Waals surface area contributed by atoms with Crippen molar-refractivity contribution in [1.82, 2.24) is 0 Å². The largest absolute Gasteiger partial charge is 0.385 e. The van der Waals surface area contributed by atoms with E-state index in [-0.39, 0.29) is 0 Å². The molecule has 0 heterocycles. The van der Waals surface area contributed by atoms with E-state index >= 15 is 0 Å². The van der Waals surface area contributed by atoms with Gasteiger partial charge in [-0.3, -0.25) is 0 Å². The van der Waals surface area contributed by atoms with Crippen molar-refractivity contribution in [3.63, 3.8) is 0 Å². The zero-order valence-electron chi connectivity index (χ0n) is 17.4. The van der Waals surface area contributed by atoms with Crippen LogP contribution in [0, 0.1) is 6.43 Å². The van der Waals surface area contributed by atoms with Crippen LogP contribution < -0.4 is 0 Å². The smallest absolute Gasteiger partial charge is 0.244 e. The molecule has 0 rings (SSSR count). The molecule has 0 atom stereocenters. The van der Waals surface area contributed by atoms with Crippen molar-refractivity contribution in [2.75, 3.05) is 6.67 Å². The van der Waals surface area contributed by atoms with Gasteiger partial charge < -0.3 is 0 Å². The molecule has 1 radical (unpaired) electrons. The molecule has 0 aliphatic heterocycles. The van der Waals surface area contributed by atoms with Gasteiger partial charge in [-0.1, -0.05) is 0 Å². The van der Waals surface area contributed by atoms with Gasteiger partial charge in [-0.05, 0) is 0 Å². The molecule has 247 valence electrons. The highest BCUT2D eigenvalue weighted by molar-refractivity contribution is 5.20. The van der Waals surface area contributed by atoms with Crippen LogP contribution >= 0.6 is 0 Å². The Morgan fingerprint density at radius 1 is 0.293 bits per heavy atom. The van der Waals surface area contributed by atoms with E-state index in [1.54, 1.807) is 0 Å². The molecule has 0 N–H and O–H groups in total. The van der Waals surface area contributed by atoms with E-state index in [2.05, 4.69) is 0 Å². The molecular formula is C14H2F27. The first-order chi connectivity index (χ1) is 17.3. The highest BCUT2D eigenvalue weighted by atomic mass is 19.4. The Morgan fingerprint density at radius 2 is 0.463 bits per heavy atom. The fourth-order valence-corrected chi connectivity index (χ4v) is 2.21. The second kappa shape index (κ2) is 9.56. The van der Waals surface area contributed by atoms with Crippen LogP contribution in [0.25, 0.3) is 0 Å². The summed E-state index contributed by atoms with van der Waals surface area (Å²) in [6.45, 7) is -4.28. The quantitative estimate of drug-likeness (QED) is 0.170. The summed E-state index contributed by atoms with van der Waals surface area (Å²) < 4.78 is 352. The minimum Gasteiger partial charge on any atom is -0.244 e. The van der Waals surface area contributed by atoms with Crippen molar-refractivity contribution in [1.29, 1.82) is 0 Å². The molecule has 0 amide bonds. The lowest BCUT2D eigenvalue weighted by Crippen LogP contribution is -2.78. The zero-order chi connectivity index (χ0) is 34.3. The third-order valence-corrected chi connectivity index (χ3v) is 4.81. The molecule has 0 fully saturated rings. The highest BCUT2D eigenvalue weighted by Crippen LogP contribution is 2.68. The molecular weight excluding hydrogens is 681 g/mol. The van der Waals surface area contributed by atoms with Gasteiger partial charge in [-0.2, -0.15) is 114 Å². The van der Waals surface area contributed by atoms with Gasteiger partial charge >= 0.3 is 77.5 Å². The summed E-state index contributed by atoms with van der Waals surface area (Å²) in [6.07, 6.45) is -5.42. The number of hydrogen-bond donors (Lipinski definition) is 0. The summed E-state index contributed by atoms with van der Waals surface area (Å²) >= 11 is 0. The molecule has 0 aromatic heterocycles. The van der Waals surface area contributed by atoms with Crippen molar-refractivity contribution >= 4 is 0 Å². The van der Waals surface area contributed by atoms with Gasteiger partial charge in [0.05, 0.1) is 0 Å². The van der Waals surface area contributed by atoms with E-state index in [4.69, 9.17) is 0 Å². The first kappa shape index (κ1) is 39.1. The molecule has 0 unspecified atom stereocenters. The zero-order valence-corrected chi connectivity index (χ0v) is 17.4. The lowest BCUT2D eigenvalue weighted by molar-refractivity contribution is -0.479. The van der Waals surface area contributed by atoms with Crippen LogP contribution in [0.2, 0.25) is 0 Å². The first-order valence-electron chi connectivity index (χ1n) is 8.53. The standard InChI is InChI=1S/C14H2F27/c15-1-3(18,19)5(22,23)7(26,27)9(30,31)11(34,35)13(38,39)14(40,41)12(36,37)10(32,33)8(28,29)6(24,25)4(20,21)2(16)17/h1H2. The first-order valence-corrected chi connectivity index (χ1v) is 8.53. The summed E-state index contributed by atoms with van der Waals surface area (Å²) in [7, 11) is 0. The van der Waals surface area contributed by atoms with Crippen molar-refractivity contribution in [2.45, 2.75) is 71.1 Å². The van der Waals surface area contributed by atoms with Crippen LogP contribution in [0.15, 0.2) is 0 Å². The van der Waals surface area contributed by atoms with Gasteiger partial charge in [0.2, 0.25) is 0 Å². The van der Waals surface area contributed by atoms with Gasteiger partial charge in [-0.15, -0.1) is 0 Å². The van der Waals surface area contributed by atoms with E-state index < -0.39 is 84.2 Å². The maximum absolute atomic E-state index is 13.5. The van der Waals surface area contributed by atoms with E-state index in [1.807, 2.05) is 0 Å². The Balaban J connectivity index is 7.37. The van der Waals surface area contributed by atoms with Crippen LogP contribution in [0.5, 0.6) is 0 Å². The predicted molar refractivity (Wildman–Crippen MR) is 70.8 cm³/mol. The molecule has 0 nitrogen and oxygen atoms in total. The molecule has 0 saturated heterocycles. The summed E-state index contributed by atoms with van der Waals surface area (Å²) in [6, 6.07) is 0. The maximum atomic E-state index is 13.5. The van der Waals surface area contributed by atoms with Gasteiger partial charge in [0.25, 0.3) is 0 Å². The Bertz CT molecular complexity index is 938. The number of rotatable bonds is 13. The van der Waals surface area contributed by atoms with Gasteiger partial charge in [0.15, 0.2) is 6.67 Å². The molecule has 0 aromatic rings. The fourth-order valence-electron chi connectivity index (χ4n) is 2.21. The minimum absolute atomic E-state index is 4.28. The number of hydrogen-bond acceptors (Lipinski definition) is 0. The lowest BCUT2D eigenvalue weighted by Gasteiger charge is -2.45. The van der Waals surface area contributed by atoms with E-state index in [1.165, 1.54) is 0 Å². The van der Waals surface area contributed by atoms with Crippen LogP contribution in [-0.4, -0.2) is 77.7 Å². The third kappa shape index (κ3) is 4.41. The molecule has 0 spiro atoms. The Labute approximate surface area is 204 Å². The number of alkyl halides is 25. The van der Waals surface area contributed by atoms with Crippen molar-refractivity contribution in [2.24, 2.45) is 0 Å². The Kier molecular flexibility index (Phi) is 9.12. The minimum atomic E-state index is -9.71. The fraction of sp³-hybridized carbons (Fsp3) is 0.929. The van der Waals surface area contributed by atoms with Crippen LogP contribution in [0.1, 0.15) is 0 Å². The normalized spacial score (nSPS) is 17.0. The summed E-state index contributed by atoms with van der Waals surface area (Å²) in [5, 5.41) is 0. The molecule has 0 aliphatic carbocycles. The molecule has 0 saturated carbocycles. The summed E-state index contributed by atoms with van der Waals surface area (Å²) in [4.78, 5) is 0. The monoisotopic (exact) mass is 683 g/mol. The lowest BCUT2D eigenvalue weighted by atomic mass is 9.84. The van der Waals surface area contributed by atoms with Crippen LogP contribution in [-0.2, 0) is 0 Å². The molecule has 41 heavy (non-hydrogen) atoms. The molecule has 0 bridgehead atoms. The molecule has 27 heteroatoms. The predicted octanol–water partition coefficient (Wildman–Crippen LogP) is 9.01. The second-order valence-corrected chi connectivity index (χ2v) is 7.42. The highest BCUT2D eigenvalue weighted by Gasteiger charge is 2.99. The molecule has 0 aromatic carbocycles. The van der Waals surface area contributed by atoms with Gasteiger partial charge in [-0.25, -0.2) is 4.39 Å². The van der Waals surface area contributed by atoms with Crippen molar-refractivity contribution < 1.29 is 119 Å². The number of halogens is 27. The SMILES string of the molecule is FCC(F)(F)C(F)(F)C(F)(F)C(F)(F)C(F)(F)C(F)(F)C(F)(F)C(F)(F)C(F)(F)C(F)(F)C(F)(F)C(F)(F)[C](F)F. The van der Waals surface area contributed by atoms with E-state index in [9.17, 15) is 119 Å². The third-order valence-electron chi connectivity index (χ3n) is 4.81. The topological polar surface area (TPSA) is 0 Å². The Morgan fingerprint density at radius 3 is 0.634 bits per heavy atom. The van der Waals surface area contributed by atoms with Gasteiger partial charge in [0, 0.05) is 0 Å². The van der Waals surface area contributed by atoms with Crippen molar-refractivity contribution in [3.8, 4) is 0 Å². The van der Waals surface area contributed by atoms with E-state index in [0.29, 0.717) is 0 Å². The van der Waals surface area contributed by atoms with E-state index in [0.717, 1.165) is 0 Å². The molecule has 0 aliphatic rings. The van der Waals surface area contributed by atoms with Crippen molar-refractivity contribution in [3.05, 3.63) is 6.43 Å². The second-order valence-electron chi connectivity index (χ2n) is 7.42. The average Bonchev–Trinajstić information content (AvgIpc) is 2.77. The maximum Gasteiger partial charge on any atom is 0.385 e. The average molecular weight is 683 g/mol. The Hall–Kier alpha value is -1.89. The van der Waals surface area contributed by atoms with Crippen LogP contribution in [0.4, 0.5) is 119 Å². The summed E-state index contributed by atoms with van der Waals surface area (Å²) in [5.74, 6) is -108. The van der Waals surface area contributed by atoms with Crippen LogP contribution in [0.3, 0.4) is 0 Å².